The molecular formula is C20H27NO4. The first-order valence-electron chi connectivity index (χ1n) is 9.13. The van der Waals surface area contributed by atoms with Gasteiger partial charge in [0.25, 0.3) is 5.91 Å². The number of aliphatic hydroxyl groups excluding tert-OH is 1. The number of aliphatic hydroxyl groups is 1. The summed E-state index contributed by atoms with van der Waals surface area (Å²) in [6.45, 7) is 2.52. The lowest BCUT2D eigenvalue weighted by molar-refractivity contribution is -0.152. The molecule has 136 valence electrons. The van der Waals surface area contributed by atoms with Crippen molar-refractivity contribution in [3.05, 3.63) is 47.2 Å². The third-order valence-electron chi connectivity index (χ3n) is 4.81. The highest BCUT2D eigenvalue weighted by Crippen LogP contribution is 2.25. The molecule has 0 spiro atoms. The first-order valence-corrected chi connectivity index (χ1v) is 9.13. The van der Waals surface area contributed by atoms with Gasteiger partial charge in [0.15, 0.2) is 5.76 Å². The number of benzene rings is 1. The normalized spacial score (nSPS) is 23.8. The molecule has 2 atom stereocenters. The molecule has 1 aliphatic heterocycles. The first-order chi connectivity index (χ1) is 12.1. The van der Waals surface area contributed by atoms with E-state index in [4.69, 9.17) is 14.6 Å². The average Bonchev–Trinajstić information content (AvgIpc) is 3.13. The second-order valence-electron chi connectivity index (χ2n) is 7.03. The molecule has 1 amide bonds. The van der Waals surface area contributed by atoms with Gasteiger partial charge in [0.2, 0.25) is 6.29 Å². The van der Waals surface area contributed by atoms with Gasteiger partial charge in [-0.15, -0.1) is 0 Å². The zero-order valence-electron chi connectivity index (χ0n) is 14.7. The molecule has 1 aliphatic carbocycles. The lowest BCUT2D eigenvalue weighted by Gasteiger charge is -2.28. The van der Waals surface area contributed by atoms with E-state index in [0.717, 1.165) is 30.4 Å². The van der Waals surface area contributed by atoms with Crippen LogP contribution in [0.4, 0.5) is 0 Å². The van der Waals surface area contributed by atoms with Crippen molar-refractivity contribution in [1.82, 2.24) is 5.32 Å². The summed E-state index contributed by atoms with van der Waals surface area (Å²) in [6, 6.07) is 7.90. The molecule has 1 heterocycles. The van der Waals surface area contributed by atoms with E-state index in [1.807, 2.05) is 30.3 Å². The maximum atomic E-state index is 12.4. The third kappa shape index (κ3) is 5.06. The summed E-state index contributed by atoms with van der Waals surface area (Å²) < 4.78 is 11.6. The molecule has 0 bridgehead atoms. The highest BCUT2D eigenvalue weighted by atomic mass is 16.7. The van der Waals surface area contributed by atoms with E-state index in [-0.39, 0.29) is 24.5 Å². The van der Waals surface area contributed by atoms with Crippen molar-refractivity contribution in [2.24, 2.45) is 5.92 Å². The van der Waals surface area contributed by atoms with Gasteiger partial charge in [0, 0.05) is 12.5 Å². The zero-order chi connectivity index (χ0) is 17.6. The molecule has 0 unspecified atom stereocenters. The highest BCUT2D eigenvalue weighted by Gasteiger charge is 2.27. The fourth-order valence-corrected chi connectivity index (χ4v) is 3.35. The summed E-state index contributed by atoms with van der Waals surface area (Å²) in [5.41, 5.74) is 1.89. The minimum atomic E-state index is -0.415. The van der Waals surface area contributed by atoms with E-state index in [1.165, 1.54) is 12.8 Å². The zero-order valence-corrected chi connectivity index (χ0v) is 14.7. The van der Waals surface area contributed by atoms with Gasteiger partial charge >= 0.3 is 0 Å². The van der Waals surface area contributed by atoms with Crippen LogP contribution in [0.25, 0.3) is 0 Å². The molecule has 5 heteroatoms. The predicted octanol–water partition coefficient (Wildman–Crippen LogP) is 3.02. The minimum Gasteiger partial charge on any atom is -0.459 e. The van der Waals surface area contributed by atoms with Crippen LogP contribution in [0.2, 0.25) is 0 Å². The van der Waals surface area contributed by atoms with Gasteiger partial charge in [-0.2, -0.15) is 0 Å². The number of carbonyl (C=O) groups excluding carboxylic acids is 1. The van der Waals surface area contributed by atoms with E-state index in [2.05, 4.69) is 12.2 Å². The number of allylic oxidation sites excluding steroid dienone is 1. The molecule has 2 N–H and O–H groups in total. The van der Waals surface area contributed by atoms with Crippen molar-refractivity contribution in [3.63, 3.8) is 0 Å². The van der Waals surface area contributed by atoms with Gasteiger partial charge in [-0.1, -0.05) is 44.0 Å². The van der Waals surface area contributed by atoms with Gasteiger partial charge in [0.1, 0.15) is 0 Å². The second-order valence-corrected chi connectivity index (χ2v) is 7.03. The Morgan fingerprint density at radius 2 is 1.92 bits per heavy atom. The van der Waals surface area contributed by atoms with E-state index in [9.17, 15) is 4.79 Å². The van der Waals surface area contributed by atoms with Crippen LogP contribution < -0.4 is 5.32 Å². The van der Waals surface area contributed by atoms with Gasteiger partial charge in [-0.3, -0.25) is 4.79 Å². The smallest absolute Gasteiger partial charge is 0.286 e. The molecule has 2 aliphatic rings. The number of amides is 1. The summed E-state index contributed by atoms with van der Waals surface area (Å²) in [5.74, 6) is 0.491. The van der Waals surface area contributed by atoms with Gasteiger partial charge in [-0.05, 0) is 36.0 Å². The maximum Gasteiger partial charge on any atom is 0.286 e. The number of ether oxygens (including phenoxy) is 2. The molecule has 0 aromatic heterocycles. The largest absolute Gasteiger partial charge is 0.459 e. The molecule has 5 nitrogen and oxygen atoms in total. The van der Waals surface area contributed by atoms with Crippen molar-refractivity contribution in [3.8, 4) is 0 Å². The summed E-state index contributed by atoms with van der Waals surface area (Å²) in [7, 11) is 0. The molecule has 1 aromatic rings. The lowest BCUT2D eigenvalue weighted by atomic mass is 10.0. The Morgan fingerprint density at radius 1 is 1.24 bits per heavy atom. The van der Waals surface area contributed by atoms with Crippen molar-refractivity contribution in [2.75, 3.05) is 0 Å². The van der Waals surface area contributed by atoms with Crippen molar-refractivity contribution < 1.29 is 19.4 Å². The number of carbonyl (C=O) groups is 1. The summed E-state index contributed by atoms with van der Waals surface area (Å²) in [5, 5.41) is 12.1. The quantitative estimate of drug-likeness (QED) is 0.832. The summed E-state index contributed by atoms with van der Waals surface area (Å²) in [6.07, 6.45) is 6.68. The Labute approximate surface area is 149 Å². The Morgan fingerprint density at radius 3 is 2.60 bits per heavy atom. The van der Waals surface area contributed by atoms with Crippen LogP contribution in [0.3, 0.4) is 0 Å². The van der Waals surface area contributed by atoms with Crippen LogP contribution in [0.5, 0.6) is 0 Å². The Hall–Kier alpha value is -1.85. The topological polar surface area (TPSA) is 67.8 Å². The third-order valence-corrected chi connectivity index (χ3v) is 4.81. The second kappa shape index (κ2) is 8.50. The number of nitrogens with one attached hydrogen (secondary N) is 1. The monoisotopic (exact) mass is 345 g/mol. The molecule has 1 saturated carbocycles. The van der Waals surface area contributed by atoms with Gasteiger partial charge in [0.05, 0.1) is 13.2 Å². The SMILES string of the molecule is C[C@@H]1C=C(C(=O)NC2CCCC2)O[C@H](OCc2ccc(CO)cc2)C1. The molecule has 0 saturated heterocycles. The van der Waals surface area contributed by atoms with E-state index in [1.54, 1.807) is 0 Å². The number of hydrogen-bond donors (Lipinski definition) is 2. The van der Waals surface area contributed by atoms with E-state index < -0.39 is 6.29 Å². The van der Waals surface area contributed by atoms with Crippen LogP contribution in [-0.4, -0.2) is 23.3 Å². The maximum absolute atomic E-state index is 12.4. The minimum absolute atomic E-state index is 0.0364. The van der Waals surface area contributed by atoms with Crippen LogP contribution in [0.15, 0.2) is 36.1 Å². The lowest BCUT2D eigenvalue weighted by Crippen LogP contribution is -2.37. The Bertz CT molecular complexity index is 605. The van der Waals surface area contributed by atoms with Crippen molar-refractivity contribution in [1.29, 1.82) is 0 Å². The fourth-order valence-electron chi connectivity index (χ4n) is 3.35. The molecule has 3 rings (SSSR count). The number of rotatable bonds is 6. The van der Waals surface area contributed by atoms with Crippen LogP contribution in [0, 0.1) is 5.92 Å². The molecule has 0 radical (unpaired) electrons. The predicted molar refractivity (Wildman–Crippen MR) is 94.3 cm³/mol. The summed E-state index contributed by atoms with van der Waals surface area (Å²) in [4.78, 5) is 12.4. The van der Waals surface area contributed by atoms with Crippen LogP contribution in [-0.2, 0) is 27.5 Å². The standard InChI is InChI=1S/C20H27NO4/c1-14-10-18(20(23)21-17-4-2-3-5-17)25-19(11-14)24-13-16-8-6-15(12-22)7-9-16/h6-10,14,17,19,22H,2-5,11-13H2,1H3,(H,21,23)/t14-,19+/m1/s1. The van der Waals surface area contributed by atoms with Crippen molar-refractivity contribution in [2.45, 2.75) is 64.6 Å². The van der Waals surface area contributed by atoms with Gasteiger partial charge in [-0.25, -0.2) is 0 Å². The first kappa shape index (κ1) is 18.0. The molecule has 1 aromatic carbocycles. The molecule has 25 heavy (non-hydrogen) atoms. The number of hydrogen-bond acceptors (Lipinski definition) is 4. The highest BCUT2D eigenvalue weighted by molar-refractivity contribution is 5.91. The summed E-state index contributed by atoms with van der Waals surface area (Å²) >= 11 is 0. The molecule has 1 fully saturated rings. The van der Waals surface area contributed by atoms with Crippen LogP contribution in [0.1, 0.15) is 50.2 Å². The van der Waals surface area contributed by atoms with Crippen LogP contribution >= 0.6 is 0 Å². The fraction of sp³-hybridized carbons (Fsp3) is 0.550. The van der Waals surface area contributed by atoms with E-state index in [0.29, 0.717) is 12.4 Å². The van der Waals surface area contributed by atoms with Crippen molar-refractivity contribution >= 4 is 5.91 Å². The average molecular weight is 345 g/mol. The Balaban J connectivity index is 1.52. The molecular weight excluding hydrogens is 318 g/mol. The van der Waals surface area contributed by atoms with Gasteiger partial charge < -0.3 is 19.9 Å². The Kier molecular flexibility index (Phi) is 6.10. The van der Waals surface area contributed by atoms with E-state index >= 15 is 0 Å².